The first kappa shape index (κ1) is 13.0. The third-order valence-electron chi connectivity index (χ3n) is 3.90. The largest absolute Gasteiger partial charge is 0.480 e. The lowest BCUT2D eigenvalue weighted by molar-refractivity contribution is -0.145. The van der Waals surface area contributed by atoms with Gasteiger partial charge in [-0.3, -0.25) is 10.1 Å². The number of rotatable bonds is 7. The Morgan fingerprint density at radius 2 is 1.95 bits per heavy atom. The van der Waals surface area contributed by atoms with Gasteiger partial charge in [-0.1, -0.05) is 18.2 Å². The molecular weight excluding hydrogens is 258 g/mol. The molecule has 1 aromatic carbocycles. The van der Waals surface area contributed by atoms with E-state index >= 15 is 0 Å². The third-order valence-corrected chi connectivity index (χ3v) is 5.11. The van der Waals surface area contributed by atoms with Crippen molar-refractivity contribution in [2.24, 2.45) is 5.92 Å². The van der Waals surface area contributed by atoms with Gasteiger partial charge in [0.2, 0.25) is 0 Å². The second kappa shape index (κ2) is 5.17. The first-order valence-electron chi connectivity index (χ1n) is 6.90. The van der Waals surface area contributed by atoms with Crippen LogP contribution in [0.5, 0.6) is 0 Å². The molecule has 0 bridgehead atoms. The van der Waals surface area contributed by atoms with Gasteiger partial charge in [-0.2, -0.15) is 0 Å². The molecular formula is C15H19NO2S. The van der Waals surface area contributed by atoms with Crippen molar-refractivity contribution < 1.29 is 9.90 Å². The van der Waals surface area contributed by atoms with E-state index in [-0.39, 0.29) is 0 Å². The van der Waals surface area contributed by atoms with E-state index in [1.807, 2.05) is 30.3 Å². The molecule has 102 valence electrons. The van der Waals surface area contributed by atoms with Gasteiger partial charge in [0.05, 0.1) is 0 Å². The number of thioether (sulfide) groups is 1. The van der Waals surface area contributed by atoms with Gasteiger partial charge in [-0.05, 0) is 43.7 Å². The summed E-state index contributed by atoms with van der Waals surface area (Å²) in [6.45, 7) is 0. The quantitative estimate of drug-likeness (QED) is 0.752. The molecule has 0 heterocycles. The smallest absolute Gasteiger partial charge is 0.325 e. The first-order chi connectivity index (χ1) is 9.21. The van der Waals surface area contributed by atoms with Crippen LogP contribution in [0.3, 0.4) is 0 Å². The number of carboxylic acid groups (broad SMARTS) is 1. The third kappa shape index (κ3) is 2.95. The second-order valence-corrected chi connectivity index (χ2v) is 6.62. The van der Waals surface area contributed by atoms with E-state index in [0.29, 0.717) is 17.7 Å². The van der Waals surface area contributed by atoms with Gasteiger partial charge >= 0.3 is 5.97 Å². The summed E-state index contributed by atoms with van der Waals surface area (Å²) in [5, 5.41) is 13.1. The molecule has 4 heteroatoms. The second-order valence-electron chi connectivity index (χ2n) is 5.57. The van der Waals surface area contributed by atoms with Crippen LogP contribution < -0.4 is 5.32 Å². The number of benzene rings is 1. The van der Waals surface area contributed by atoms with Crippen LogP contribution in [0.4, 0.5) is 0 Å². The van der Waals surface area contributed by atoms with E-state index in [1.54, 1.807) is 11.8 Å². The summed E-state index contributed by atoms with van der Waals surface area (Å²) in [6, 6.07) is 10.5. The van der Waals surface area contributed by atoms with Gasteiger partial charge < -0.3 is 5.11 Å². The Bertz CT molecular complexity index is 456. The van der Waals surface area contributed by atoms with Gasteiger partial charge in [0.1, 0.15) is 5.54 Å². The van der Waals surface area contributed by atoms with Crippen LogP contribution in [0.15, 0.2) is 35.2 Å². The predicted octanol–water partition coefficient (Wildman–Crippen LogP) is 2.76. The molecule has 0 aromatic heterocycles. The van der Waals surface area contributed by atoms with Crippen molar-refractivity contribution in [1.82, 2.24) is 5.32 Å². The van der Waals surface area contributed by atoms with Crippen molar-refractivity contribution in [3.8, 4) is 0 Å². The van der Waals surface area contributed by atoms with E-state index in [1.165, 1.54) is 0 Å². The molecule has 0 radical (unpaired) electrons. The Hall–Kier alpha value is -1.00. The monoisotopic (exact) mass is 277 g/mol. The molecule has 0 aliphatic heterocycles. The maximum atomic E-state index is 11.8. The van der Waals surface area contributed by atoms with Crippen molar-refractivity contribution in [3.05, 3.63) is 30.3 Å². The highest BCUT2D eigenvalue weighted by molar-refractivity contribution is 7.99. The van der Waals surface area contributed by atoms with Gasteiger partial charge in [-0.15, -0.1) is 11.8 Å². The fraction of sp³-hybridized carbons (Fsp3) is 0.533. The van der Waals surface area contributed by atoms with Crippen LogP contribution in [-0.4, -0.2) is 28.4 Å². The maximum absolute atomic E-state index is 11.8. The van der Waals surface area contributed by atoms with Gasteiger partial charge in [-0.25, -0.2) is 0 Å². The van der Waals surface area contributed by atoms with Crippen molar-refractivity contribution in [3.63, 3.8) is 0 Å². The number of hydrogen-bond donors (Lipinski definition) is 2. The fourth-order valence-electron chi connectivity index (χ4n) is 2.46. The fourth-order valence-corrected chi connectivity index (χ4v) is 3.64. The molecule has 3 rings (SSSR count). The Morgan fingerprint density at radius 1 is 1.26 bits per heavy atom. The van der Waals surface area contributed by atoms with Crippen molar-refractivity contribution in [2.45, 2.75) is 42.2 Å². The van der Waals surface area contributed by atoms with Gasteiger partial charge in [0.15, 0.2) is 0 Å². The van der Waals surface area contributed by atoms with Crippen LogP contribution in [0.2, 0.25) is 0 Å². The molecule has 2 aliphatic rings. The zero-order chi connectivity index (χ0) is 13.3. The van der Waals surface area contributed by atoms with Crippen LogP contribution in [-0.2, 0) is 4.79 Å². The van der Waals surface area contributed by atoms with E-state index in [0.717, 1.165) is 30.6 Å². The molecule has 19 heavy (non-hydrogen) atoms. The zero-order valence-electron chi connectivity index (χ0n) is 10.8. The van der Waals surface area contributed by atoms with Crippen molar-refractivity contribution >= 4 is 17.7 Å². The standard InChI is InChI=1S/C15H19NO2S/c17-14(18)15(11-6-7-11,16-12-8-9-12)10-19-13-4-2-1-3-5-13/h1-5,11-12,16H,6-10H2,(H,17,18). The SMILES string of the molecule is O=C(O)C(CSc1ccccc1)(NC1CC1)C1CC1. The highest BCUT2D eigenvalue weighted by Crippen LogP contribution is 2.44. The Kier molecular flexibility index (Phi) is 3.54. The number of hydrogen-bond acceptors (Lipinski definition) is 3. The summed E-state index contributed by atoms with van der Waals surface area (Å²) in [4.78, 5) is 13.0. The lowest BCUT2D eigenvalue weighted by Crippen LogP contribution is -2.57. The molecule has 1 atom stereocenters. The van der Waals surface area contributed by atoms with Crippen LogP contribution in [0, 0.1) is 5.92 Å². The van der Waals surface area contributed by atoms with E-state index < -0.39 is 11.5 Å². The molecule has 1 unspecified atom stereocenters. The summed E-state index contributed by atoms with van der Waals surface area (Å²) in [5.74, 6) is 0.250. The molecule has 1 aromatic rings. The average Bonchev–Trinajstić information content (AvgIpc) is 3.28. The number of aliphatic carboxylic acids is 1. The topological polar surface area (TPSA) is 49.3 Å². The van der Waals surface area contributed by atoms with Crippen molar-refractivity contribution in [2.75, 3.05) is 5.75 Å². The highest BCUT2D eigenvalue weighted by atomic mass is 32.2. The molecule has 0 spiro atoms. The molecule has 0 saturated heterocycles. The lowest BCUT2D eigenvalue weighted by atomic mass is 9.95. The summed E-state index contributed by atoms with van der Waals surface area (Å²) in [7, 11) is 0. The number of carbonyl (C=O) groups is 1. The number of carboxylic acids is 1. The van der Waals surface area contributed by atoms with Crippen LogP contribution >= 0.6 is 11.8 Å². The lowest BCUT2D eigenvalue weighted by Gasteiger charge is -2.30. The van der Waals surface area contributed by atoms with Crippen molar-refractivity contribution in [1.29, 1.82) is 0 Å². The molecule has 2 saturated carbocycles. The minimum absolute atomic E-state index is 0.307. The number of nitrogens with one attached hydrogen (secondary N) is 1. The van der Waals surface area contributed by atoms with Crippen LogP contribution in [0.1, 0.15) is 25.7 Å². The average molecular weight is 277 g/mol. The predicted molar refractivity (Wildman–Crippen MR) is 76.4 cm³/mol. The minimum Gasteiger partial charge on any atom is -0.480 e. The first-order valence-corrected chi connectivity index (χ1v) is 7.88. The highest BCUT2D eigenvalue weighted by Gasteiger charge is 2.53. The summed E-state index contributed by atoms with van der Waals surface area (Å²) < 4.78 is 0. The molecule has 0 amide bonds. The molecule has 2 N–H and O–H groups in total. The molecule has 2 aliphatic carbocycles. The van der Waals surface area contributed by atoms with Gasteiger partial charge in [0.25, 0.3) is 0 Å². The van der Waals surface area contributed by atoms with Crippen LogP contribution in [0.25, 0.3) is 0 Å². The summed E-state index contributed by atoms with van der Waals surface area (Å²) >= 11 is 1.65. The molecule has 3 nitrogen and oxygen atoms in total. The molecule has 2 fully saturated rings. The summed E-state index contributed by atoms with van der Waals surface area (Å²) in [5.41, 5.74) is -0.721. The van der Waals surface area contributed by atoms with E-state index in [4.69, 9.17) is 0 Å². The Labute approximate surface area is 117 Å². The van der Waals surface area contributed by atoms with Gasteiger partial charge in [0, 0.05) is 16.7 Å². The summed E-state index contributed by atoms with van der Waals surface area (Å²) in [6.07, 6.45) is 4.33. The zero-order valence-corrected chi connectivity index (χ0v) is 11.7. The Morgan fingerprint density at radius 3 is 2.47 bits per heavy atom. The normalized spacial score (nSPS) is 21.9. The minimum atomic E-state index is -0.721. The van der Waals surface area contributed by atoms with E-state index in [2.05, 4.69) is 5.32 Å². The Balaban J connectivity index is 1.72. The maximum Gasteiger partial charge on any atom is 0.325 e. The van der Waals surface area contributed by atoms with E-state index in [9.17, 15) is 9.90 Å².